The minimum atomic E-state index is -3.33. The van der Waals surface area contributed by atoms with Crippen molar-refractivity contribution in [3.63, 3.8) is 0 Å². The van der Waals surface area contributed by atoms with Gasteiger partial charge >= 0.3 is 0 Å². The van der Waals surface area contributed by atoms with Gasteiger partial charge in [0.05, 0.1) is 16.3 Å². The first-order valence-corrected chi connectivity index (χ1v) is 10.1. The molecular weight excluding hydrogens is 397 g/mol. The lowest BCUT2D eigenvalue weighted by Gasteiger charge is -2.11. The maximum atomic E-state index is 11.3. The SMILES string of the molecule is CS(=O)(=O)Nc1ccc(-c2c(Cl)cc(Cc3nc(N)n[nH]3)cc2Cl)cc1. The van der Waals surface area contributed by atoms with Crippen molar-refractivity contribution in [2.24, 2.45) is 0 Å². The van der Waals surface area contributed by atoms with Crippen molar-refractivity contribution in [2.45, 2.75) is 6.42 Å². The molecule has 2 aromatic carbocycles. The van der Waals surface area contributed by atoms with Crippen LogP contribution in [-0.2, 0) is 16.4 Å². The fraction of sp³-hybridized carbons (Fsp3) is 0.125. The fourth-order valence-electron chi connectivity index (χ4n) is 2.50. The molecular formula is C16H15Cl2N5O2S. The van der Waals surface area contributed by atoms with E-state index in [1.165, 1.54) is 0 Å². The molecule has 4 N–H and O–H groups in total. The molecule has 0 bridgehead atoms. The zero-order chi connectivity index (χ0) is 18.9. The third-order valence-electron chi connectivity index (χ3n) is 3.50. The summed E-state index contributed by atoms with van der Waals surface area (Å²) in [5.41, 5.74) is 8.25. The van der Waals surface area contributed by atoms with Gasteiger partial charge in [0, 0.05) is 17.7 Å². The quantitative estimate of drug-likeness (QED) is 0.595. The van der Waals surface area contributed by atoms with Crippen molar-refractivity contribution in [1.82, 2.24) is 15.2 Å². The number of sulfonamides is 1. The molecule has 1 aromatic heterocycles. The van der Waals surface area contributed by atoms with Crippen LogP contribution in [0.1, 0.15) is 11.4 Å². The van der Waals surface area contributed by atoms with Crippen molar-refractivity contribution in [1.29, 1.82) is 0 Å². The smallest absolute Gasteiger partial charge is 0.239 e. The topological polar surface area (TPSA) is 114 Å². The number of nitrogens with one attached hydrogen (secondary N) is 2. The monoisotopic (exact) mass is 411 g/mol. The number of hydrogen-bond donors (Lipinski definition) is 3. The zero-order valence-corrected chi connectivity index (χ0v) is 16.0. The lowest BCUT2D eigenvalue weighted by atomic mass is 10.0. The first-order valence-electron chi connectivity index (χ1n) is 7.44. The Morgan fingerprint density at radius 1 is 1.15 bits per heavy atom. The molecule has 0 amide bonds. The van der Waals surface area contributed by atoms with Crippen molar-refractivity contribution in [3.8, 4) is 11.1 Å². The van der Waals surface area contributed by atoms with Gasteiger partial charge in [0.2, 0.25) is 16.0 Å². The van der Waals surface area contributed by atoms with E-state index in [9.17, 15) is 8.42 Å². The molecule has 136 valence electrons. The number of nitrogen functional groups attached to an aromatic ring is 1. The summed E-state index contributed by atoms with van der Waals surface area (Å²) in [5.74, 6) is 0.787. The molecule has 26 heavy (non-hydrogen) atoms. The maximum Gasteiger partial charge on any atom is 0.239 e. The fourth-order valence-corrected chi connectivity index (χ4v) is 3.82. The Morgan fingerprint density at radius 3 is 2.27 bits per heavy atom. The Morgan fingerprint density at radius 2 is 1.77 bits per heavy atom. The highest BCUT2D eigenvalue weighted by molar-refractivity contribution is 7.92. The van der Waals surface area contributed by atoms with Gasteiger partial charge in [-0.05, 0) is 35.4 Å². The summed E-state index contributed by atoms with van der Waals surface area (Å²) in [5, 5.41) is 7.47. The second kappa shape index (κ2) is 7.14. The Bertz CT molecular complexity index is 1030. The van der Waals surface area contributed by atoms with Crippen LogP contribution in [0.15, 0.2) is 36.4 Å². The summed E-state index contributed by atoms with van der Waals surface area (Å²) >= 11 is 12.8. The van der Waals surface area contributed by atoms with Crippen LogP contribution in [0.2, 0.25) is 10.0 Å². The Hall–Kier alpha value is -2.29. The number of nitrogens with zero attached hydrogens (tertiary/aromatic N) is 2. The lowest BCUT2D eigenvalue weighted by molar-refractivity contribution is 0.607. The van der Waals surface area contributed by atoms with E-state index < -0.39 is 10.0 Å². The van der Waals surface area contributed by atoms with E-state index in [1.807, 2.05) is 0 Å². The van der Waals surface area contributed by atoms with E-state index in [1.54, 1.807) is 36.4 Å². The summed E-state index contributed by atoms with van der Waals surface area (Å²) < 4.78 is 25.0. The lowest BCUT2D eigenvalue weighted by Crippen LogP contribution is -2.09. The Kier molecular flexibility index (Phi) is 5.08. The van der Waals surface area contributed by atoms with Gasteiger partial charge in [-0.1, -0.05) is 35.3 Å². The van der Waals surface area contributed by atoms with E-state index in [2.05, 4.69) is 19.9 Å². The summed E-state index contributed by atoms with van der Waals surface area (Å²) in [6, 6.07) is 10.4. The molecule has 0 aliphatic heterocycles. The third-order valence-corrected chi connectivity index (χ3v) is 4.70. The molecule has 10 heteroatoms. The average molecular weight is 412 g/mol. The zero-order valence-electron chi connectivity index (χ0n) is 13.6. The number of H-pyrrole nitrogens is 1. The van der Waals surface area contributed by atoms with Gasteiger partial charge in [-0.25, -0.2) is 8.42 Å². The second-order valence-corrected chi connectivity index (χ2v) is 8.27. The van der Waals surface area contributed by atoms with E-state index in [4.69, 9.17) is 28.9 Å². The van der Waals surface area contributed by atoms with Crippen LogP contribution in [0.5, 0.6) is 0 Å². The molecule has 0 spiro atoms. The molecule has 3 rings (SSSR count). The van der Waals surface area contributed by atoms with Gasteiger partial charge in [0.1, 0.15) is 5.82 Å². The van der Waals surface area contributed by atoms with Gasteiger partial charge in [0.15, 0.2) is 0 Å². The number of aromatic nitrogens is 3. The molecule has 0 atom stereocenters. The van der Waals surface area contributed by atoms with Crippen LogP contribution in [0.4, 0.5) is 11.6 Å². The van der Waals surface area contributed by atoms with E-state index in [0.717, 1.165) is 17.4 Å². The summed E-state index contributed by atoms with van der Waals surface area (Å²) in [6.07, 6.45) is 1.55. The first-order chi connectivity index (χ1) is 12.2. The van der Waals surface area contributed by atoms with Crippen molar-refractivity contribution < 1.29 is 8.42 Å². The number of benzene rings is 2. The molecule has 1 heterocycles. The van der Waals surface area contributed by atoms with E-state index in [0.29, 0.717) is 33.5 Å². The predicted octanol–water partition coefficient (Wildman–Crippen LogP) is 3.32. The van der Waals surface area contributed by atoms with Crippen LogP contribution in [0, 0.1) is 0 Å². The molecule has 0 aliphatic carbocycles. The number of aromatic amines is 1. The van der Waals surface area contributed by atoms with Gasteiger partial charge in [-0.15, -0.1) is 5.10 Å². The van der Waals surface area contributed by atoms with Crippen molar-refractivity contribution >= 4 is 44.9 Å². The summed E-state index contributed by atoms with van der Waals surface area (Å²) in [4.78, 5) is 4.05. The van der Waals surface area contributed by atoms with Crippen molar-refractivity contribution in [3.05, 3.63) is 57.8 Å². The molecule has 0 fully saturated rings. The molecule has 3 aromatic rings. The number of rotatable bonds is 5. The van der Waals surface area contributed by atoms with Crippen LogP contribution in [0.25, 0.3) is 11.1 Å². The normalized spacial score (nSPS) is 11.5. The van der Waals surface area contributed by atoms with Gasteiger partial charge < -0.3 is 5.73 Å². The molecule has 0 aliphatic rings. The highest BCUT2D eigenvalue weighted by Gasteiger charge is 2.13. The van der Waals surface area contributed by atoms with Gasteiger partial charge in [0.25, 0.3) is 0 Å². The second-order valence-electron chi connectivity index (χ2n) is 5.70. The van der Waals surface area contributed by atoms with Crippen LogP contribution in [0.3, 0.4) is 0 Å². The first kappa shape index (κ1) is 18.5. The summed E-state index contributed by atoms with van der Waals surface area (Å²) in [6.45, 7) is 0. The minimum absolute atomic E-state index is 0.177. The number of anilines is 2. The van der Waals surface area contributed by atoms with Crippen molar-refractivity contribution in [2.75, 3.05) is 16.7 Å². The van der Waals surface area contributed by atoms with Crippen LogP contribution < -0.4 is 10.5 Å². The maximum absolute atomic E-state index is 11.3. The number of hydrogen-bond acceptors (Lipinski definition) is 5. The number of halogens is 2. The van der Waals surface area contributed by atoms with Crippen LogP contribution in [-0.4, -0.2) is 29.9 Å². The third kappa shape index (κ3) is 4.46. The molecule has 0 radical (unpaired) electrons. The van der Waals surface area contributed by atoms with Gasteiger partial charge in [-0.2, -0.15) is 4.98 Å². The Balaban J connectivity index is 1.88. The minimum Gasteiger partial charge on any atom is -0.367 e. The largest absolute Gasteiger partial charge is 0.367 e. The predicted molar refractivity (Wildman–Crippen MR) is 104 cm³/mol. The Labute approximate surface area is 160 Å². The van der Waals surface area contributed by atoms with E-state index >= 15 is 0 Å². The van der Waals surface area contributed by atoms with E-state index in [-0.39, 0.29) is 5.95 Å². The standard InChI is InChI=1S/C16H15Cl2N5O2S/c1-26(24,25)23-11-4-2-10(3-5-11)15-12(17)6-9(7-13(15)18)8-14-20-16(19)22-21-14/h2-7,23H,8H2,1H3,(H3,19,20,21,22). The highest BCUT2D eigenvalue weighted by atomic mass is 35.5. The average Bonchev–Trinajstić information content (AvgIpc) is 2.92. The molecule has 0 saturated heterocycles. The highest BCUT2D eigenvalue weighted by Crippen LogP contribution is 2.36. The molecule has 7 nitrogen and oxygen atoms in total. The summed E-state index contributed by atoms with van der Waals surface area (Å²) in [7, 11) is -3.33. The molecule has 0 unspecified atom stereocenters. The molecule has 0 saturated carbocycles. The van der Waals surface area contributed by atoms with Gasteiger partial charge in [-0.3, -0.25) is 9.82 Å². The van der Waals surface area contributed by atoms with Crippen LogP contribution >= 0.6 is 23.2 Å². The number of nitrogens with two attached hydrogens (primary N) is 1.